The Bertz CT molecular complexity index is 1120. The molecule has 0 radical (unpaired) electrons. The number of aryl methyl sites for hydroxylation is 1. The Morgan fingerprint density at radius 2 is 1.67 bits per heavy atom. The Labute approximate surface area is 176 Å². The van der Waals surface area contributed by atoms with Crippen molar-refractivity contribution >= 4 is 11.0 Å². The van der Waals surface area contributed by atoms with Crippen LogP contribution in [0, 0.1) is 13.8 Å². The van der Waals surface area contributed by atoms with Crippen molar-refractivity contribution in [1.82, 2.24) is 9.55 Å². The number of para-hydroxylation sites is 3. The first-order valence-corrected chi connectivity index (χ1v) is 10.1. The second-order valence-corrected chi connectivity index (χ2v) is 7.39. The van der Waals surface area contributed by atoms with Gasteiger partial charge in [0.15, 0.2) is 0 Å². The lowest BCUT2D eigenvalue weighted by Crippen LogP contribution is -2.25. The second-order valence-electron chi connectivity index (χ2n) is 7.39. The third-order valence-corrected chi connectivity index (χ3v) is 5.22. The van der Waals surface area contributed by atoms with Gasteiger partial charge in [0.25, 0.3) is 0 Å². The molecule has 4 aromatic rings. The van der Waals surface area contributed by atoms with Crippen LogP contribution in [0.15, 0.2) is 72.8 Å². The summed E-state index contributed by atoms with van der Waals surface area (Å²) in [5.41, 5.74) is 4.11. The molecule has 0 fully saturated rings. The Balaban J connectivity index is 1.49. The minimum absolute atomic E-state index is 0.204. The highest BCUT2D eigenvalue weighted by Crippen LogP contribution is 2.22. The first kappa shape index (κ1) is 20.0. The summed E-state index contributed by atoms with van der Waals surface area (Å²) < 4.78 is 13.8. The van der Waals surface area contributed by atoms with Gasteiger partial charge < -0.3 is 19.1 Å². The van der Waals surface area contributed by atoms with Gasteiger partial charge in [-0.15, -0.1) is 0 Å². The molecule has 0 amide bonds. The van der Waals surface area contributed by atoms with Gasteiger partial charge in [-0.05, 0) is 55.3 Å². The van der Waals surface area contributed by atoms with Crippen LogP contribution in [0.4, 0.5) is 0 Å². The molecule has 0 aliphatic carbocycles. The third kappa shape index (κ3) is 4.47. The van der Waals surface area contributed by atoms with Crippen LogP contribution in [0.25, 0.3) is 11.0 Å². The van der Waals surface area contributed by atoms with E-state index in [1.54, 1.807) is 0 Å². The third-order valence-electron chi connectivity index (χ3n) is 5.22. The van der Waals surface area contributed by atoms with E-state index in [-0.39, 0.29) is 6.61 Å². The van der Waals surface area contributed by atoms with Gasteiger partial charge in [0.05, 0.1) is 17.6 Å². The monoisotopic (exact) mass is 402 g/mol. The maximum atomic E-state index is 10.7. The van der Waals surface area contributed by atoms with E-state index in [0.717, 1.165) is 33.9 Å². The lowest BCUT2D eigenvalue weighted by molar-refractivity contribution is 0.0914. The van der Waals surface area contributed by atoms with Crippen LogP contribution in [0.2, 0.25) is 0 Å². The number of aliphatic hydroxyl groups excluding tert-OH is 1. The van der Waals surface area contributed by atoms with Gasteiger partial charge in [-0.25, -0.2) is 4.98 Å². The normalized spacial score (nSPS) is 12.1. The van der Waals surface area contributed by atoms with Gasteiger partial charge in [0.2, 0.25) is 0 Å². The molecule has 1 aromatic heterocycles. The number of benzene rings is 3. The van der Waals surface area contributed by atoms with Crippen LogP contribution in [0.5, 0.6) is 11.5 Å². The SMILES string of the molecule is Cc1cccc(OC[C@@H](O)Cn2c(COc3ccccc3)nc3ccccc32)c1C. The number of aliphatic hydroxyl groups is 1. The van der Waals surface area contributed by atoms with Crippen LogP contribution in [0.1, 0.15) is 17.0 Å². The number of imidazole rings is 1. The zero-order valence-corrected chi connectivity index (χ0v) is 17.3. The highest BCUT2D eigenvalue weighted by atomic mass is 16.5. The van der Waals surface area contributed by atoms with E-state index >= 15 is 0 Å². The smallest absolute Gasteiger partial charge is 0.148 e. The van der Waals surface area contributed by atoms with Crippen molar-refractivity contribution in [2.75, 3.05) is 6.61 Å². The first-order valence-electron chi connectivity index (χ1n) is 10.1. The van der Waals surface area contributed by atoms with Crippen molar-refractivity contribution in [1.29, 1.82) is 0 Å². The largest absolute Gasteiger partial charge is 0.491 e. The molecule has 154 valence electrons. The van der Waals surface area contributed by atoms with Gasteiger partial charge in [-0.1, -0.05) is 42.5 Å². The molecule has 0 spiro atoms. The molecule has 0 saturated heterocycles. The maximum Gasteiger partial charge on any atom is 0.148 e. The van der Waals surface area contributed by atoms with Crippen LogP contribution in [-0.4, -0.2) is 27.4 Å². The summed E-state index contributed by atoms with van der Waals surface area (Å²) >= 11 is 0. The molecule has 5 heteroatoms. The van der Waals surface area contributed by atoms with Crippen LogP contribution in [0.3, 0.4) is 0 Å². The number of rotatable bonds is 8. The van der Waals surface area contributed by atoms with E-state index in [1.807, 2.05) is 78.2 Å². The molecule has 3 aromatic carbocycles. The molecule has 1 atom stereocenters. The van der Waals surface area contributed by atoms with Crippen LogP contribution >= 0.6 is 0 Å². The van der Waals surface area contributed by atoms with Crippen molar-refractivity contribution in [3.05, 3.63) is 89.7 Å². The van der Waals surface area contributed by atoms with Crippen molar-refractivity contribution < 1.29 is 14.6 Å². The molecule has 0 aliphatic rings. The van der Waals surface area contributed by atoms with E-state index in [4.69, 9.17) is 14.5 Å². The Hall–Kier alpha value is -3.31. The molecule has 4 rings (SSSR count). The average molecular weight is 402 g/mol. The number of hydrogen-bond acceptors (Lipinski definition) is 4. The van der Waals surface area contributed by atoms with Gasteiger partial charge in [-0.3, -0.25) is 0 Å². The van der Waals surface area contributed by atoms with Crippen molar-refractivity contribution in [2.45, 2.75) is 33.1 Å². The molecule has 0 unspecified atom stereocenters. The number of ether oxygens (including phenoxy) is 2. The topological polar surface area (TPSA) is 56.5 Å². The van der Waals surface area contributed by atoms with Gasteiger partial charge in [-0.2, -0.15) is 0 Å². The summed E-state index contributed by atoms with van der Waals surface area (Å²) in [6.07, 6.45) is -0.682. The Morgan fingerprint density at radius 3 is 2.50 bits per heavy atom. The fraction of sp³-hybridized carbons (Fsp3) is 0.240. The van der Waals surface area contributed by atoms with E-state index in [0.29, 0.717) is 13.2 Å². The summed E-state index contributed by atoms with van der Waals surface area (Å²) in [5.74, 6) is 2.36. The zero-order chi connectivity index (χ0) is 20.9. The van der Waals surface area contributed by atoms with E-state index in [2.05, 4.69) is 13.0 Å². The maximum absolute atomic E-state index is 10.7. The van der Waals surface area contributed by atoms with Crippen LogP contribution < -0.4 is 9.47 Å². The quantitative estimate of drug-likeness (QED) is 0.465. The predicted molar refractivity (Wildman–Crippen MR) is 118 cm³/mol. The standard InChI is InChI=1S/C25H26N2O3/c1-18-9-8-14-24(19(18)2)30-16-20(28)15-27-23-13-7-6-12-22(23)26-25(27)17-29-21-10-4-3-5-11-21/h3-14,20,28H,15-17H2,1-2H3/t20-/m0/s1. The van der Waals surface area contributed by atoms with Crippen molar-refractivity contribution in [2.24, 2.45) is 0 Å². The number of fused-ring (bicyclic) bond motifs is 1. The van der Waals surface area contributed by atoms with Crippen molar-refractivity contribution in [3.63, 3.8) is 0 Å². The first-order chi connectivity index (χ1) is 14.6. The fourth-order valence-corrected chi connectivity index (χ4v) is 3.43. The molecule has 5 nitrogen and oxygen atoms in total. The van der Waals surface area contributed by atoms with Crippen LogP contribution in [-0.2, 0) is 13.2 Å². The van der Waals surface area contributed by atoms with E-state index in [9.17, 15) is 5.11 Å². The molecule has 0 aliphatic heterocycles. The molecular formula is C25H26N2O3. The number of hydrogen-bond donors (Lipinski definition) is 1. The minimum atomic E-state index is -0.682. The molecule has 0 saturated carbocycles. The molecule has 30 heavy (non-hydrogen) atoms. The lowest BCUT2D eigenvalue weighted by atomic mass is 10.1. The van der Waals surface area contributed by atoms with Crippen molar-refractivity contribution in [3.8, 4) is 11.5 Å². The number of aromatic nitrogens is 2. The highest BCUT2D eigenvalue weighted by Gasteiger charge is 2.16. The van der Waals surface area contributed by atoms with Gasteiger partial charge in [0, 0.05) is 0 Å². The summed E-state index contributed by atoms with van der Waals surface area (Å²) in [5, 5.41) is 10.7. The molecule has 1 N–H and O–H groups in total. The van der Waals surface area contributed by atoms with E-state index in [1.165, 1.54) is 5.56 Å². The summed E-state index contributed by atoms with van der Waals surface area (Å²) in [4.78, 5) is 4.71. The molecular weight excluding hydrogens is 376 g/mol. The predicted octanol–water partition coefficient (Wildman–Crippen LogP) is 4.67. The lowest BCUT2D eigenvalue weighted by Gasteiger charge is -2.17. The Morgan fingerprint density at radius 1 is 0.900 bits per heavy atom. The second kappa shape index (κ2) is 9.01. The average Bonchev–Trinajstić information content (AvgIpc) is 3.11. The summed E-state index contributed by atoms with van der Waals surface area (Å²) in [6, 6.07) is 23.5. The van der Waals surface area contributed by atoms with E-state index < -0.39 is 6.10 Å². The minimum Gasteiger partial charge on any atom is -0.491 e. The zero-order valence-electron chi connectivity index (χ0n) is 17.3. The molecule has 1 heterocycles. The Kier molecular flexibility index (Phi) is 6.00. The molecule has 0 bridgehead atoms. The summed E-state index contributed by atoms with van der Waals surface area (Å²) in [7, 11) is 0. The van der Waals surface area contributed by atoms with Gasteiger partial charge in [0.1, 0.15) is 36.6 Å². The number of nitrogens with zero attached hydrogens (tertiary/aromatic N) is 2. The summed E-state index contributed by atoms with van der Waals surface area (Å²) in [6.45, 7) is 4.98. The highest BCUT2D eigenvalue weighted by molar-refractivity contribution is 5.75. The van der Waals surface area contributed by atoms with Gasteiger partial charge >= 0.3 is 0 Å². The fourth-order valence-electron chi connectivity index (χ4n) is 3.43.